The van der Waals surface area contributed by atoms with Crippen molar-refractivity contribution in [2.24, 2.45) is 0 Å². The molecule has 0 aliphatic rings. The number of carboxylic acid groups (broad SMARTS) is 1. The van der Waals surface area contributed by atoms with Gasteiger partial charge in [0.25, 0.3) is 0 Å². The minimum Gasteiger partial charge on any atom is -0.481 e. The zero-order valence-electron chi connectivity index (χ0n) is 6.53. The lowest BCUT2D eigenvalue weighted by Gasteiger charge is -1.96. The van der Waals surface area contributed by atoms with Crippen LogP contribution in [0.4, 0.5) is 0 Å². The summed E-state index contributed by atoms with van der Waals surface area (Å²) >= 11 is 3.11. The molecule has 0 aliphatic carbocycles. The van der Waals surface area contributed by atoms with Gasteiger partial charge in [0.2, 0.25) is 0 Å². The molecule has 0 saturated heterocycles. The molecule has 68 valence electrons. The van der Waals surface area contributed by atoms with Crippen molar-refractivity contribution in [2.45, 2.75) is 6.42 Å². The van der Waals surface area contributed by atoms with Gasteiger partial charge >= 0.3 is 5.97 Å². The van der Waals surface area contributed by atoms with E-state index in [0.717, 1.165) is 0 Å². The van der Waals surface area contributed by atoms with Crippen molar-refractivity contribution in [3.63, 3.8) is 0 Å². The van der Waals surface area contributed by atoms with Crippen molar-refractivity contribution in [1.82, 2.24) is 4.98 Å². The zero-order valence-corrected chi connectivity index (χ0v) is 8.11. The molecule has 0 spiro atoms. The summed E-state index contributed by atoms with van der Waals surface area (Å²) in [4.78, 5) is 25.1. The summed E-state index contributed by atoms with van der Waals surface area (Å²) in [5.41, 5.74) is 0.311. The molecule has 1 aromatic heterocycles. The second-order valence-corrected chi connectivity index (χ2v) is 3.18. The van der Waals surface area contributed by atoms with Gasteiger partial charge in [-0.05, 0) is 28.1 Å². The van der Waals surface area contributed by atoms with Crippen LogP contribution in [0, 0.1) is 0 Å². The van der Waals surface area contributed by atoms with Crippen LogP contribution < -0.4 is 0 Å². The van der Waals surface area contributed by atoms with E-state index in [1.165, 1.54) is 12.3 Å². The fourth-order valence-corrected chi connectivity index (χ4v) is 1.01. The molecule has 0 atom stereocenters. The number of hydrogen-bond donors (Lipinski definition) is 1. The summed E-state index contributed by atoms with van der Waals surface area (Å²) in [7, 11) is 0. The highest BCUT2D eigenvalue weighted by Gasteiger charge is 2.10. The van der Waals surface area contributed by atoms with Crippen LogP contribution in [0.15, 0.2) is 22.9 Å². The number of aromatic nitrogens is 1. The normalized spacial score (nSPS) is 9.62. The predicted molar refractivity (Wildman–Crippen MR) is 48.5 cm³/mol. The monoisotopic (exact) mass is 243 g/mol. The van der Waals surface area contributed by atoms with Crippen LogP contribution in [0.5, 0.6) is 0 Å². The van der Waals surface area contributed by atoms with E-state index in [2.05, 4.69) is 20.9 Å². The molecular formula is C8H6BrNO3. The summed E-state index contributed by atoms with van der Waals surface area (Å²) in [6, 6.07) is 3.12. The molecule has 0 aromatic carbocycles. The average Bonchev–Trinajstić information content (AvgIpc) is 2.04. The summed E-state index contributed by atoms with van der Waals surface area (Å²) in [5, 5.41) is 8.35. The molecule has 1 heterocycles. The number of hydrogen-bond acceptors (Lipinski definition) is 3. The van der Waals surface area contributed by atoms with Gasteiger partial charge in [0.15, 0.2) is 5.78 Å². The Bertz CT molecular complexity index is 334. The van der Waals surface area contributed by atoms with Crippen molar-refractivity contribution in [3.8, 4) is 0 Å². The van der Waals surface area contributed by atoms with E-state index in [9.17, 15) is 9.59 Å². The Morgan fingerprint density at radius 2 is 2.15 bits per heavy atom. The number of Topliss-reactive ketones (excluding diaryl/α,β-unsaturated/α-hetero) is 1. The Hall–Kier alpha value is -1.23. The minimum absolute atomic E-state index is 0.311. The number of rotatable bonds is 3. The van der Waals surface area contributed by atoms with Crippen molar-refractivity contribution >= 4 is 27.7 Å². The molecule has 0 saturated carbocycles. The highest BCUT2D eigenvalue weighted by Crippen LogP contribution is 2.07. The first-order valence-corrected chi connectivity index (χ1v) is 4.25. The van der Waals surface area contributed by atoms with Crippen molar-refractivity contribution in [3.05, 3.63) is 28.5 Å². The second-order valence-electron chi connectivity index (χ2n) is 2.36. The summed E-state index contributed by atoms with van der Waals surface area (Å²) in [5.74, 6) is -1.57. The SMILES string of the molecule is O=C(O)CC(=O)c1ccc(Br)nc1. The summed E-state index contributed by atoms with van der Waals surface area (Å²) in [6.45, 7) is 0. The highest BCUT2D eigenvalue weighted by atomic mass is 79.9. The van der Waals surface area contributed by atoms with Gasteiger partial charge < -0.3 is 5.11 Å². The maximum atomic E-state index is 11.1. The lowest BCUT2D eigenvalue weighted by molar-refractivity contribution is -0.135. The van der Waals surface area contributed by atoms with E-state index in [1.807, 2.05) is 0 Å². The van der Waals surface area contributed by atoms with E-state index in [-0.39, 0.29) is 0 Å². The van der Waals surface area contributed by atoms with Gasteiger partial charge in [-0.2, -0.15) is 0 Å². The van der Waals surface area contributed by atoms with Crippen LogP contribution in [-0.2, 0) is 4.79 Å². The van der Waals surface area contributed by atoms with Gasteiger partial charge in [-0.3, -0.25) is 9.59 Å². The Morgan fingerprint density at radius 3 is 2.62 bits per heavy atom. The van der Waals surface area contributed by atoms with Crippen molar-refractivity contribution < 1.29 is 14.7 Å². The van der Waals surface area contributed by atoms with Crippen molar-refractivity contribution in [2.75, 3.05) is 0 Å². The number of aliphatic carboxylic acids is 1. The Labute approximate surface area is 82.7 Å². The first kappa shape index (κ1) is 9.85. The topological polar surface area (TPSA) is 67.3 Å². The molecule has 5 heteroatoms. The maximum Gasteiger partial charge on any atom is 0.311 e. The number of carbonyl (C=O) groups excluding carboxylic acids is 1. The molecule has 0 aliphatic heterocycles. The molecule has 1 rings (SSSR count). The summed E-state index contributed by atoms with van der Waals surface area (Å²) < 4.78 is 0.611. The van der Waals surface area contributed by atoms with Gasteiger partial charge in [0, 0.05) is 11.8 Å². The van der Waals surface area contributed by atoms with E-state index in [0.29, 0.717) is 10.2 Å². The van der Waals surface area contributed by atoms with E-state index >= 15 is 0 Å². The number of ketones is 1. The molecule has 1 N–H and O–H groups in total. The number of carbonyl (C=O) groups is 2. The fourth-order valence-electron chi connectivity index (χ4n) is 0.780. The Kier molecular flexibility index (Phi) is 3.13. The van der Waals surface area contributed by atoms with Crippen LogP contribution in [0.25, 0.3) is 0 Å². The van der Waals surface area contributed by atoms with Gasteiger partial charge in [0.05, 0.1) is 0 Å². The Balaban J connectivity index is 2.78. The standard InChI is InChI=1S/C8H6BrNO3/c9-7-2-1-5(4-10-7)6(11)3-8(12)13/h1-2,4H,3H2,(H,12,13). The zero-order chi connectivity index (χ0) is 9.84. The van der Waals surface area contributed by atoms with Gasteiger partial charge in [-0.15, -0.1) is 0 Å². The quantitative estimate of drug-likeness (QED) is 0.497. The minimum atomic E-state index is -1.13. The number of halogens is 1. The maximum absolute atomic E-state index is 11.1. The van der Waals surface area contributed by atoms with E-state index in [4.69, 9.17) is 5.11 Å². The Morgan fingerprint density at radius 1 is 1.46 bits per heavy atom. The molecule has 1 aromatic rings. The number of nitrogens with zero attached hydrogens (tertiary/aromatic N) is 1. The average molecular weight is 244 g/mol. The number of carboxylic acids is 1. The fraction of sp³-hybridized carbons (Fsp3) is 0.125. The van der Waals surface area contributed by atoms with Crippen LogP contribution in [0.2, 0.25) is 0 Å². The van der Waals surface area contributed by atoms with Crippen LogP contribution in [-0.4, -0.2) is 21.8 Å². The van der Waals surface area contributed by atoms with Crippen LogP contribution in [0.1, 0.15) is 16.8 Å². The van der Waals surface area contributed by atoms with Crippen molar-refractivity contribution in [1.29, 1.82) is 0 Å². The van der Waals surface area contributed by atoms with E-state index < -0.39 is 18.2 Å². The molecule has 0 amide bonds. The first-order valence-electron chi connectivity index (χ1n) is 3.46. The first-order chi connectivity index (χ1) is 6.09. The predicted octanol–water partition coefficient (Wildman–Crippen LogP) is 1.50. The summed E-state index contributed by atoms with van der Waals surface area (Å²) in [6.07, 6.45) is 0.846. The third-order valence-electron chi connectivity index (χ3n) is 1.36. The molecule has 0 radical (unpaired) electrons. The van der Waals surface area contributed by atoms with Gasteiger partial charge in [0.1, 0.15) is 11.0 Å². The smallest absolute Gasteiger partial charge is 0.311 e. The molecule has 0 unspecified atom stereocenters. The number of pyridine rings is 1. The largest absolute Gasteiger partial charge is 0.481 e. The van der Waals surface area contributed by atoms with Gasteiger partial charge in [-0.1, -0.05) is 0 Å². The third-order valence-corrected chi connectivity index (χ3v) is 1.83. The lowest BCUT2D eigenvalue weighted by atomic mass is 10.1. The molecule has 4 nitrogen and oxygen atoms in total. The molecule has 0 bridgehead atoms. The second kappa shape index (κ2) is 4.13. The molecular weight excluding hydrogens is 238 g/mol. The van der Waals surface area contributed by atoms with E-state index in [1.54, 1.807) is 6.07 Å². The van der Waals surface area contributed by atoms with Gasteiger partial charge in [-0.25, -0.2) is 4.98 Å². The van der Waals surface area contributed by atoms with Crippen LogP contribution in [0.3, 0.4) is 0 Å². The lowest BCUT2D eigenvalue weighted by Crippen LogP contribution is -2.07. The van der Waals surface area contributed by atoms with Crippen LogP contribution >= 0.6 is 15.9 Å². The third kappa shape index (κ3) is 2.95. The molecule has 0 fully saturated rings. The highest BCUT2D eigenvalue weighted by molar-refractivity contribution is 9.10. The molecule has 13 heavy (non-hydrogen) atoms.